The Balaban J connectivity index is 2.91. The maximum Gasteiger partial charge on any atom is 0.407 e. The van der Waals surface area contributed by atoms with Crippen LogP contribution in [0.3, 0.4) is 0 Å². The molecular weight excluding hydrogens is 392 g/mol. The lowest BCUT2D eigenvalue weighted by Gasteiger charge is -2.29. The lowest BCUT2D eigenvalue weighted by molar-refractivity contribution is -0.194. The smallest absolute Gasteiger partial charge is 0.407 e. The Morgan fingerprint density at radius 3 is 2.20 bits per heavy atom. The Morgan fingerprint density at radius 2 is 1.70 bits per heavy atom. The Hall–Kier alpha value is -2.68. The van der Waals surface area contributed by atoms with Crippen molar-refractivity contribution in [3.63, 3.8) is 0 Å². The second kappa shape index (κ2) is 12.1. The molecule has 0 fully saturated rings. The maximum atomic E-state index is 12.7. The SMILES string of the molecule is CCOC(=O)C(CCCNC(=O)OC(C)(C)C)(OCc1cccnc1)C(=O)OCC. The number of hydrogen-bond acceptors (Lipinski definition) is 8. The summed E-state index contributed by atoms with van der Waals surface area (Å²) in [7, 11) is 0. The average Bonchev–Trinajstić information content (AvgIpc) is 2.67. The number of rotatable bonds is 11. The van der Waals surface area contributed by atoms with Gasteiger partial charge in [-0.3, -0.25) is 4.98 Å². The molecule has 1 rings (SSSR count). The molecule has 0 saturated heterocycles. The Labute approximate surface area is 177 Å². The van der Waals surface area contributed by atoms with E-state index in [1.165, 1.54) is 0 Å². The summed E-state index contributed by atoms with van der Waals surface area (Å²) in [6.45, 7) is 8.83. The number of nitrogens with one attached hydrogen (secondary N) is 1. The first-order chi connectivity index (χ1) is 14.1. The monoisotopic (exact) mass is 424 g/mol. The van der Waals surface area contributed by atoms with Gasteiger partial charge in [0, 0.05) is 25.4 Å². The van der Waals surface area contributed by atoms with Crippen molar-refractivity contribution in [2.75, 3.05) is 19.8 Å². The second-order valence-electron chi connectivity index (χ2n) is 7.45. The molecule has 0 aromatic carbocycles. The van der Waals surface area contributed by atoms with E-state index in [2.05, 4.69) is 10.3 Å². The minimum atomic E-state index is -1.95. The molecule has 1 N–H and O–H groups in total. The van der Waals surface area contributed by atoms with E-state index in [0.717, 1.165) is 0 Å². The number of nitrogens with zero attached hydrogens (tertiary/aromatic N) is 1. The van der Waals surface area contributed by atoms with Crippen molar-refractivity contribution in [1.82, 2.24) is 10.3 Å². The third kappa shape index (κ3) is 8.36. The van der Waals surface area contributed by atoms with Gasteiger partial charge >= 0.3 is 18.0 Å². The van der Waals surface area contributed by atoms with E-state index in [1.54, 1.807) is 59.1 Å². The highest BCUT2D eigenvalue weighted by Crippen LogP contribution is 2.25. The minimum Gasteiger partial charge on any atom is -0.463 e. The molecule has 0 aliphatic heterocycles. The lowest BCUT2D eigenvalue weighted by atomic mass is 9.97. The topological polar surface area (TPSA) is 113 Å². The molecule has 0 bridgehead atoms. The van der Waals surface area contributed by atoms with Crippen LogP contribution in [0.2, 0.25) is 0 Å². The summed E-state index contributed by atoms with van der Waals surface area (Å²) < 4.78 is 21.2. The van der Waals surface area contributed by atoms with Crippen molar-refractivity contribution >= 4 is 18.0 Å². The van der Waals surface area contributed by atoms with Crippen LogP contribution < -0.4 is 5.32 Å². The zero-order valence-electron chi connectivity index (χ0n) is 18.4. The van der Waals surface area contributed by atoms with Crippen molar-refractivity contribution in [1.29, 1.82) is 0 Å². The van der Waals surface area contributed by atoms with Crippen molar-refractivity contribution in [3.05, 3.63) is 30.1 Å². The molecule has 1 aromatic rings. The first-order valence-corrected chi connectivity index (χ1v) is 9.98. The van der Waals surface area contributed by atoms with E-state index in [-0.39, 0.29) is 39.2 Å². The number of aromatic nitrogens is 1. The van der Waals surface area contributed by atoms with E-state index < -0.39 is 29.2 Å². The normalized spacial score (nSPS) is 11.5. The van der Waals surface area contributed by atoms with Crippen molar-refractivity contribution in [3.8, 4) is 0 Å². The highest BCUT2D eigenvalue weighted by molar-refractivity contribution is 6.03. The molecule has 30 heavy (non-hydrogen) atoms. The molecule has 0 atom stereocenters. The number of hydrogen-bond donors (Lipinski definition) is 1. The standard InChI is InChI=1S/C21H32N2O7/c1-6-27-17(24)21(18(25)28-7-2,29-15-16-10-8-12-22-14-16)11-9-13-23-19(26)30-20(3,4)5/h8,10,12,14H,6-7,9,11,13,15H2,1-5H3,(H,23,26). The van der Waals surface area contributed by atoms with Gasteiger partial charge in [0.15, 0.2) is 0 Å². The Bertz CT molecular complexity index is 668. The first kappa shape index (κ1) is 25.4. The number of alkyl carbamates (subject to hydrolysis) is 1. The van der Waals surface area contributed by atoms with Gasteiger partial charge < -0.3 is 24.3 Å². The molecule has 0 radical (unpaired) electrons. The molecule has 0 spiro atoms. The molecule has 1 amide bonds. The number of pyridine rings is 1. The molecule has 0 aliphatic carbocycles. The fourth-order valence-corrected chi connectivity index (χ4v) is 2.50. The second-order valence-corrected chi connectivity index (χ2v) is 7.45. The first-order valence-electron chi connectivity index (χ1n) is 9.98. The van der Waals surface area contributed by atoms with Crippen LogP contribution in [-0.4, -0.2) is 54.0 Å². The van der Waals surface area contributed by atoms with Crippen LogP contribution in [-0.2, 0) is 35.1 Å². The summed E-state index contributed by atoms with van der Waals surface area (Å²) in [5.41, 5.74) is -1.89. The van der Waals surface area contributed by atoms with Crippen molar-refractivity contribution < 1.29 is 33.3 Å². The molecule has 9 heteroatoms. The van der Waals surface area contributed by atoms with Gasteiger partial charge in [0.1, 0.15) is 5.60 Å². The van der Waals surface area contributed by atoms with Crippen LogP contribution in [0.1, 0.15) is 53.0 Å². The number of carbonyl (C=O) groups excluding carboxylic acids is 3. The van der Waals surface area contributed by atoms with Gasteiger partial charge in [0.05, 0.1) is 19.8 Å². The molecule has 9 nitrogen and oxygen atoms in total. The van der Waals surface area contributed by atoms with Gasteiger partial charge in [0.25, 0.3) is 5.60 Å². The van der Waals surface area contributed by atoms with Gasteiger partial charge in [-0.15, -0.1) is 0 Å². The van der Waals surface area contributed by atoms with Gasteiger partial charge in [-0.05, 0) is 52.7 Å². The quantitative estimate of drug-likeness (QED) is 0.250. The Kier molecular flexibility index (Phi) is 10.2. The summed E-state index contributed by atoms with van der Waals surface area (Å²) >= 11 is 0. The zero-order chi connectivity index (χ0) is 22.6. The highest BCUT2D eigenvalue weighted by Gasteiger charge is 2.50. The number of carbonyl (C=O) groups is 3. The van der Waals surface area contributed by atoms with E-state index in [1.807, 2.05) is 0 Å². The van der Waals surface area contributed by atoms with Gasteiger partial charge in [-0.2, -0.15) is 0 Å². The summed E-state index contributed by atoms with van der Waals surface area (Å²) in [6, 6.07) is 3.48. The van der Waals surface area contributed by atoms with E-state index in [4.69, 9.17) is 18.9 Å². The summed E-state index contributed by atoms with van der Waals surface area (Å²) in [5, 5.41) is 2.60. The van der Waals surface area contributed by atoms with E-state index in [9.17, 15) is 14.4 Å². The number of amides is 1. The van der Waals surface area contributed by atoms with E-state index in [0.29, 0.717) is 5.56 Å². The summed E-state index contributed by atoms with van der Waals surface area (Å²) in [6.07, 6.45) is 2.81. The molecule has 168 valence electrons. The number of esters is 2. The van der Waals surface area contributed by atoms with Crippen molar-refractivity contribution in [2.45, 2.75) is 65.3 Å². The van der Waals surface area contributed by atoms with Gasteiger partial charge in [-0.25, -0.2) is 14.4 Å². The average molecular weight is 424 g/mol. The lowest BCUT2D eigenvalue weighted by Crippen LogP contribution is -2.51. The maximum absolute atomic E-state index is 12.7. The van der Waals surface area contributed by atoms with Gasteiger partial charge in [0.2, 0.25) is 0 Å². The van der Waals surface area contributed by atoms with Crippen LogP contribution in [0.4, 0.5) is 4.79 Å². The zero-order valence-corrected chi connectivity index (χ0v) is 18.4. The molecule has 0 aliphatic rings. The molecule has 0 saturated carbocycles. The molecular formula is C21H32N2O7. The fourth-order valence-electron chi connectivity index (χ4n) is 2.50. The summed E-state index contributed by atoms with van der Waals surface area (Å²) in [5.74, 6) is -1.66. The van der Waals surface area contributed by atoms with Crippen molar-refractivity contribution in [2.24, 2.45) is 0 Å². The number of ether oxygens (including phenoxy) is 4. The predicted octanol–water partition coefficient (Wildman–Crippen LogP) is 2.77. The largest absolute Gasteiger partial charge is 0.463 e. The molecule has 0 unspecified atom stereocenters. The van der Waals surface area contributed by atoms with Crippen LogP contribution in [0.15, 0.2) is 24.5 Å². The third-order valence-corrected chi connectivity index (χ3v) is 3.79. The van der Waals surface area contributed by atoms with Crippen LogP contribution >= 0.6 is 0 Å². The van der Waals surface area contributed by atoms with Crippen LogP contribution in [0, 0.1) is 0 Å². The predicted molar refractivity (Wildman–Crippen MR) is 108 cm³/mol. The Morgan fingerprint density at radius 1 is 1.07 bits per heavy atom. The van der Waals surface area contributed by atoms with Crippen LogP contribution in [0.5, 0.6) is 0 Å². The van der Waals surface area contributed by atoms with Crippen LogP contribution in [0.25, 0.3) is 0 Å². The fraction of sp³-hybridized carbons (Fsp3) is 0.619. The van der Waals surface area contributed by atoms with E-state index >= 15 is 0 Å². The molecule has 1 heterocycles. The van der Waals surface area contributed by atoms with Gasteiger partial charge in [-0.1, -0.05) is 6.07 Å². The molecule has 1 aromatic heterocycles. The minimum absolute atomic E-state index is 0.0367. The third-order valence-electron chi connectivity index (χ3n) is 3.79. The summed E-state index contributed by atoms with van der Waals surface area (Å²) in [4.78, 5) is 41.3. The highest BCUT2D eigenvalue weighted by atomic mass is 16.6.